The number of rotatable bonds is 10. The minimum absolute atomic E-state index is 0.722. The molecular weight excluding hydrogens is 1540 g/mol. The largest absolute Gasteiger partial charge is 0.354 e. The molecule has 0 amide bonds. The third-order valence-corrected chi connectivity index (χ3v) is 24.9. The molecule has 12 nitrogen and oxygen atoms in total. The third kappa shape index (κ3) is 13.3. The Labute approximate surface area is 727 Å². The lowest BCUT2D eigenvalue weighted by atomic mass is 10.0. The van der Waals surface area contributed by atoms with Crippen LogP contribution >= 0.6 is 0 Å². The van der Waals surface area contributed by atoms with Crippen LogP contribution in [0.15, 0.2) is 279 Å². The highest BCUT2D eigenvalue weighted by Gasteiger charge is 2.28. The monoisotopic (exact) mass is 1620 g/mol. The van der Waals surface area contributed by atoms with Gasteiger partial charge in [0.2, 0.25) is 0 Å². The molecule has 598 valence electrons. The molecule has 23 rings (SSSR count). The van der Waals surface area contributed by atoms with Crippen molar-refractivity contribution < 1.29 is 0 Å². The third-order valence-electron chi connectivity index (χ3n) is 24.9. The number of nitrogens with one attached hydrogen (secondary N) is 6. The van der Waals surface area contributed by atoms with Crippen LogP contribution in [-0.2, 0) is 0 Å². The molecule has 126 heavy (non-hydrogen) atoms. The lowest BCUT2D eigenvalue weighted by molar-refractivity contribution is 1.29. The van der Waals surface area contributed by atoms with Gasteiger partial charge in [-0.25, -0.2) is 29.9 Å². The summed E-state index contributed by atoms with van der Waals surface area (Å²) in [6.45, 7) is 12.8. The van der Waals surface area contributed by atoms with Gasteiger partial charge in [-0.15, -0.1) is 0 Å². The van der Waals surface area contributed by atoms with Crippen molar-refractivity contribution >= 4 is 139 Å². The Morgan fingerprint density at radius 3 is 0.389 bits per heavy atom. The number of nitrogens with zero attached hydrogens (tertiary/aromatic N) is 6. The standard InChI is InChI=1S/C114H82N12/c1-65-17-29-73(30-18-65)105-83-45-41-79(115-83)103(71-13-9-7-10-14-71)80-42-46-84(116-80)106(74-31-19-66(2)20-32-74)88-50-58-96(120-88)111(95-57-49-87(105)119-95)113-99-61-53-91(123-99)109(77-37-25-69(5)26-38-77)93-55-63-101(125-93)114(102-64-56-94(126-102)110(92-54-62-100(113)124-92)78-39-27-70(6)28-40-78)112-97-59-51-89(121-97)107(75-33-21-67(3)22-34-75)85-47-43-81(117-85)104(72-15-11-8-12-16-72)82-44-48-86(118-82)108(90-52-60-98(112)122-90)76-35-23-68(4)24-36-76/h7-64,115,117,120,122-123,126H,1-6H3. The molecule has 24 bridgehead atoms. The number of benzene rings is 8. The molecule has 0 aliphatic carbocycles. The van der Waals surface area contributed by atoms with Gasteiger partial charge < -0.3 is 29.9 Å². The molecule has 0 saturated carbocycles. The Morgan fingerprint density at radius 2 is 0.246 bits per heavy atom. The highest BCUT2D eigenvalue weighted by molar-refractivity contribution is 6.09. The molecule has 0 spiro atoms. The maximum atomic E-state index is 6.02. The van der Waals surface area contributed by atoms with Gasteiger partial charge in [0, 0.05) is 133 Å². The van der Waals surface area contributed by atoms with E-state index in [-0.39, 0.29) is 0 Å². The van der Waals surface area contributed by atoms with E-state index in [0.717, 1.165) is 279 Å². The predicted octanol–water partition coefficient (Wildman–Crippen LogP) is 29.1. The fraction of sp³-hybridized carbons (Fsp3) is 0.0526. The zero-order valence-corrected chi connectivity index (χ0v) is 70.2. The molecule has 9 aromatic heterocycles. The van der Waals surface area contributed by atoms with Gasteiger partial charge in [-0.3, -0.25) is 0 Å². The number of hydrogen-bond donors (Lipinski definition) is 6. The predicted molar refractivity (Wildman–Crippen MR) is 526 cm³/mol. The van der Waals surface area contributed by atoms with E-state index in [9.17, 15) is 0 Å². The van der Waals surface area contributed by atoms with Crippen LogP contribution in [-0.4, -0.2) is 59.8 Å². The highest BCUT2D eigenvalue weighted by Crippen LogP contribution is 2.47. The number of H-pyrrole nitrogens is 6. The zero-order valence-electron chi connectivity index (χ0n) is 70.2. The van der Waals surface area contributed by atoms with Crippen LogP contribution in [0.5, 0.6) is 0 Å². The number of aromatic amines is 6. The van der Waals surface area contributed by atoms with Crippen molar-refractivity contribution in [1.29, 1.82) is 0 Å². The van der Waals surface area contributed by atoms with Crippen molar-refractivity contribution in [1.82, 2.24) is 59.8 Å². The fourth-order valence-corrected chi connectivity index (χ4v) is 18.6. The Morgan fingerprint density at radius 1 is 0.127 bits per heavy atom. The van der Waals surface area contributed by atoms with Crippen molar-refractivity contribution in [3.05, 3.63) is 381 Å². The lowest BCUT2D eigenvalue weighted by Crippen LogP contribution is -1.93. The SMILES string of the molecule is Cc1ccc(-c2c3nc(c(-c4c5nc(c(-c6ccc(C)cc6)c6ccc([nH]6)c(-c6c7nc(c(-c8ccc(C)cc8)c8ccc([nH]8)c(-c8ccccc8)c8nc(c(-c9ccc(C)cc9)c9ccc6[nH]9)C=C8)C=C7)c6nc(c(-c7ccc(C)cc7)c7ccc4[nH]7)C=C6)C=C5)c4ccc([nH]4)c(-c4ccc(C)cc4)c4nc(c(-c5ccccc5)c5ccc2[nH]5)C=C4)C=C3)cc1. The summed E-state index contributed by atoms with van der Waals surface area (Å²) in [5.74, 6) is 0. The van der Waals surface area contributed by atoms with Gasteiger partial charge in [0.05, 0.1) is 68.3 Å². The summed E-state index contributed by atoms with van der Waals surface area (Å²) in [5.41, 5.74) is 45.7. The maximum absolute atomic E-state index is 6.02. The summed E-state index contributed by atoms with van der Waals surface area (Å²) in [6.07, 6.45) is 26.0. The molecule has 0 unspecified atom stereocenters. The normalized spacial score (nSPS) is 12.5. The van der Waals surface area contributed by atoms with Crippen molar-refractivity contribution in [3.63, 3.8) is 0 Å². The Hall–Kier alpha value is -16.4. The molecule has 0 radical (unpaired) electrons. The molecule has 6 aliphatic heterocycles. The first-order valence-electron chi connectivity index (χ1n) is 42.9. The minimum Gasteiger partial charge on any atom is -0.354 e. The van der Waals surface area contributed by atoms with E-state index in [1.54, 1.807) is 0 Å². The summed E-state index contributed by atoms with van der Waals surface area (Å²) < 4.78 is 0. The smallest absolute Gasteiger partial charge is 0.0738 e. The first-order valence-corrected chi connectivity index (χ1v) is 42.9. The average Bonchev–Trinajstić information content (AvgIpc) is 1.59. The summed E-state index contributed by atoms with van der Waals surface area (Å²) in [5, 5.41) is 0. The van der Waals surface area contributed by atoms with Crippen molar-refractivity contribution in [3.8, 4) is 111 Å². The molecule has 15 heterocycles. The topological polar surface area (TPSA) is 172 Å². The van der Waals surface area contributed by atoms with E-state index in [4.69, 9.17) is 29.9 Å². The number of aryl methyl sites for hydroxylation is 6. The van der Waals surface area contributed by atoms with Crippen LogP contribution < -0.4 is 0 Å². The van der Waals surface area contributed by atoms with E-state index in [2.05, 4.69) is 423 Å². The summed E-state index contributed by atoms with van der Waals surface area (Å²) in [7, 11) is 0. The van der Waals surface area contributed by atoms with Gasteiger partial charge in [-0.05, 0) is 232 Å². The number of hydrogen-bond acceptors (Lipinski definition) is 6. The summed E-state index contributed by atoms with van der Waals surface area (Å²) in [4.78, 5) is 59.7. The lowest BCUT2D eigenvalue weighted by Gasteiger charge is -2.09. The van der Waals surface area contributed by atoms with Gasteiger partial charge in [0.1, 0.15) is 0 Å². The van der Waals surface area contributed by atoms with Crippen LogP contribution in [0.3, 0.4) is 0 Å². The summed E-state index contributed by atoms with van der Waals surface area (Å²) >= 11 is 0. The average molecular weight is 1620 g/mol. The van der Waals surface area contributed by atoms with Gasteiger partial charge in [0.25, 0.3) is 0 Å². The molecule has 6 N–H and O–H groups in total. The zero-order chi connectivity index (χ0) is 84.4. The van der Waals surface area contributed by atoms with E-state index >= 15 is 0 Å². The van der Waals surface area contributed by atoms with Gasteiger partial charge in [-0.2, -0.15) is 0 Å². The van der Waals surface area contributed by atoms with Gasteiger partial charge in [0.15, 0.2) is 0 Å². The van der Waals surface area contributed by atoms with E-state index in [1.165, 1.54) is 0 Å². The Bertz CT molecular complexity index is 7610. The first kappa shape index (κ1) is 74.6. The second kappa shape index (κ2) is 30.3. The first-order chi connectivity index (χ1) is 61.8. The molecule has 17 aromatic rings. The number of aromatic nitrogens is 12. The van der Waals surface area contributed by atoms with Gasteiger partial charge >= 0.3 is 0 Å². The molecule has 0 saturated heterocycles. The number of fused-ring (bicyclic) bond motifs is 24. The highest BCUT2D eigenvalue weighted by atomic mass is 14.8. The van der Waals surface area contributed by atoms with Crippen molar-refractivity contribution in [2.45, 2.75) is 41.5 Å². The Kier molecular flexibility index (Phi) is 17.9. The molecule has 0 atom stereocenters. The molecule has 6 aliphatic rings. The minimum atomic E-state index is 0.722. The molecule has 0 fully saturated rings. The molecule has 8 aromatic carbocycles. The summed E-state index contributed by atoms with van der Waals surface area (Å²) in [6, 6.07) is 100. The van der Waals surface area contributed by atoms with E-state index < -0.39 is 0 Å². The van der Waals surface area contributed by atoms with Crippen LogP contribution in [0.25, 0.3) is 250 Å². The van der Waals surface area contributed by atoms with Crippen molar-refractivity contribution in [2.24, 2.45) is 0 Å². The van der Waals surface area contributed by atoms with Gasteiger partial charge in [-0.1, -0.05) is 240 Å². The fourth-order valence-electron chi connectivity index (χ4n) is 18.6. The van der Waals surface area contributed by atoms with Crippen LogP contribution in [0.2, 0.25) is 0 Å². The quantitative estimate of drug-likeness (QED) is 0.0795. The van der Waals surface area contributed by atoms with E-state index in [1.807, 2.05) is 0 Å². The second-order valence-corrected chi connectivity index (χ2v) is 33.4. The molecule has 12 heteroatoms. The van der Waals surface area contributed by atoms with Crippen LogP contribution in [0.4, 0.5) is 0 Å². The maximum Gasteiger partial charge on any atom is 0.0738 e. The Balaban J connectivity index is 0.852. The second-order valence-electron chi connectivity index (χ2n) is 33.4. The van der Waals surface area contributed by atoms with Crippen LogP contribution in [0, 0.1) is 41.5 Å². The van der Waals surface area contributed by atoms with E-state index in [0.29, 0.717) is 0 Å². The van der Waals surface area contributed by atoms with Crippen LogP contribution in [0.1, 0.15) is 102 Å². The molecular formula is C114H82N12. The van der Waals surface area contributed by atoms with Crippen molar-refractivity contribution in [2.75, 3.05) is 0 Å².